The second kappa shape index (κ2) is 33.3. The van der Waals surface area contributed by atoms with E-state index in [2.05, 4.69) is 116 Å². The van der Waals surface area contributed by atoms with Gasteiger partial charge in [-0.2, -0.15) is 34.2 Å². The molecule has 5 aromatic carbocycles. The molecule has 450 valence electrons. The van der Waals surface area contributed by atoms with Crippen molar-refractivity contribution in [2.24, 2.45) is 24.4 Å². The van der Waals surface area contributed by atoms with Crippen LogP contribution in [0.5, 0.6) is 0 Å². The average molecular weight is 1280 g/mol. The van der Waals surface area contributed by atoms with Gasteiger partial charge in [0, 0.05) is 90.1 Å². The number of fused-ring (bicyclic) bond motifs is 3. The maximum absolute atomic E-state index is 11.0. The average Bonchev–Trinajstić information content (AvgIpc) is 4.39. The summed E-state index contributed by atoms with van der Waals surface area (Å²) in [6.45, 7) is 16.8. The lowest BCUT2D eigenvalue weighted by Gasteiger charge is -2.21. The largest absolute Gasteiger partial charge is 0.425 e. The number of nitro groups is 3. The van der Waals surface area contributed by atoms with Gasteiger partial charge in [0.2, 0.25) is 0 Å². The van der Waals surface area contributed by atoms with Crippen molar-refractivity contribution in [1.82, 2.24) is 13.1 Å². The van der Waals surface area contributed by atoms with Gasteiger partial charge in [-0.25, -0.2) is 10.5 Å². The number of hydrogen-bond donors (Lipinski definition) is 7. The third kappa shape index (κ3) is 23.1. The molecule has 0 saturated heterocycles. The van der Waals surface area contributed by atoms with Crippen LogP contribution in [0, 0.1) is 44.2 Å². The molecular formula is C44H54N14O19S6. The van der Waals surface area contributed by atoms with E-state index >= 15 is 0 Å². The molecule has 33 nitrogen and oxygen atoms in total. The number of anilines is 3. The molecule has 0 aliphatic carbocycles. The summed E-state index contributed by atoms with van der Waals surface area (Å²) < 4.78 is 93.0. The van der Waals surface area contributed by atoms with Crippen molar-refractivity contribution >= 4 is 147 Å². The number of nitrogens with zero attached hydrogens (tertiary/aromatic N) is 13. The van der Waals surface area contributed by atoms with E-state index < -0.39 is 45.8 Å². The highest BCUT2D eigenvalue weighted by Gasteiger charge is 2.16. The van der Waals surface area contributed by atoms with Crippen molar-refractivity contribution in [1.29, 1.82) is 0 Å². The van der Waals surface area contributed by atoms with Gasteiger partial charge < -0.3 is 15.5 Å². The number of nitrogens with two attached hydrogens (primary N) is 1. The third-order valence-corrected chi connectivity index (χ3v) is 13.3. The van der Waals surface area contributed by atoms with Crippen molar-refractivity contribution in [2.45, 2.75) is 49.0 Å². The maximum atomic E-state index is 11.0. The second-order valence-corrected chi connectivity index (χ2v) is 21.1. The molecule has 39 heteroatoms. The van der Waals surface area contributed by atoms with Gasteiger partial charge in [0.15, 0.2) is 10.0 Å². The van der Waals surface area contributed by atoms with Gasteiger partial charge in [-0.05, 0) is 145 Å². The van der Waals surface area contributed by atoms with Crippen molar-refractivity contribution in [3.8, 4) is 0 Å². The van der Waals surface area contributed by atoms with E-state index in [0.717, 1.165) is 66.2 Å². The first kappa shape index (κ1) is 71.2. The predicted octanol–water partition coefficient (Wildman–Crippen LogP) is 12.1. The van der Waals surface area contributed by atoms with Gasteiger partial charge in [0.1, 0.15) is 5.00 Å². The van der Waals surface area contributed by atoms with E-state index in [4.69, 9.17) is 43.5 Å². The summed E-state index contributed by atoms with van der Waals surface area (Å²) >= 11 is 3.13. The quantitative estimate of drug-likeness (QED) is 0.0165. The summed E-state index contributed by atoms with van der Waals surface area (Å²) in [6, 6.07) is 27.6. The summed E-state index contributed by atoms with van der Waals surface area (Å²) in [4.78, 5) is 35.2. The van der Waals surface area contributed by atoms with Crippen LogP contribution in [0.2, 0.25) is 0 Å². The molecule has 8 rings (SSSR count). The van der Waals surface area contributed by atoms with Gasteiger partial charge >= 0.3 is 31.0 Å². The molecule has 0 aliphatic rings. The molecule has 0 spiro atoms. The SMILES string of the molecule is C.CCN(CC)c1ccc(N=Nc2snc3ccc([N+](=O)[O-])cc23)c(C)c1.CCN(CC)c1cccc(C)c1.Nc1snc2ccc([N+](=O)[O-])cc12.O=S(=O)(O)O.O=S(O)(=NO)OO.O=[N+]([O-])c1ccc2nsc(N=NS(=O)(=O)OO)c2c1. The van der Waals surface area contributed by atoms with Gasteiger partial charge in [-0.15, -0.1) is 19.7 Å². The summed E-state index contributed by atoms with van der Waals surface area (Å²) in [6.07, 6.45) is 0. The van der Waals surface area contributed by atoms with Crippen LogP contribution < -0.4 is 15.5 Å². The van der Waals surface area contributed by atoms with Gasteiger partial charge in [-0.3, -0.25) is 49.2 Å². The van der Waals surface area contributed by atoms with Crippen molar-refractivity contribution < 1.29 is 73.9 Å². The topological polar surface area (TPSA) is 488 Å². The van der Waals surface area contributed by atoms with E-state index in [-0.39, 0.29) is 34.9 Å². The van der Waals surface area contributed by atoms with Crippen LogP contribution >= 0.6 is 34.6 Å². The van der Waals surface area contributed by atoms with Crippen LogP contribution in [0.15, 0.2) is 121 Å². The van der Waals surface area contributed by atoms with Crippen LogP contribution in [0.4, 0.5) is 49.1 Å². The molecule has 1 unspecified atom stereocenters. The normalized spacial score (nSPS) is 11.7. The van der Waals surface area contributed by atoms with Crippen LogP contribution in [-0.2, 0) is 39.7 Å². The number of non-ortho nitro benzene ring substituents is 3. The van der Waals surface area contributed by atoms with Crippen molar-refractivity contribution in [3.63, 3.8) is 0 Å². The Kier molecular flexibility index (Phi) is 28.5. The monoisotopic (exact) mass is 1270 g/mol. The molecule has 0 saturated carbocycles. The van der Waals surface area contributed by atoms with Gasteiger partial charge in [0.25, 0.3) is 17.1 Å². The number of benzene rings is 5. The van der Waals surface area contributed by atoms with Crippen LogP contribution in [0.1, 0.15) is 46.2 Å². The molecule has 0 bridgehead atoms. The van der Waals surface area contributed by atoms with Crippen molar-refractivity contribution in [3.05, 3.63) is 139 Å². The Bertz CT molecular complexity index is 3890. The van der Waals surface area contributed by atoms with Crippen LogP contribution in [0.25, 0.3) is 32.7 Å². The number of rotatable bonds is 15. The molecular weight excluding hydrogens is 1220 g/mol. The predicted molar refractivity (Wildman–Crippen MR) is 314 cm³/mol. The molecule has 1 atom stereocenters. The smallest absolute Gasteiger partial charge is 0.389 e. The Balaban J connectivity index is 0.000000365. The second-order valence-electron chi connectivity index (χ2n) is 15.5. The molecule has 0 fully saturated rings. The van der Waals surface area contributed by atoms with Crippen LogP contribution in [-0.4, -0.2) is 104 Å². The van der Waals surface area contributed by atoms with E-state index in [0.29, 0.717) is 37.3 Å². The van der Waals surface area contributed by atoms with Crippen LogP contribution in [0.3, 0.4) is 0 Å². The fourth-order valence-corrected chi connectivity index (χ4v) is 8.71. The number of aryl methyl sites for hydroxylation is 2. The number of aromatic nitrogens is 3. The number of nitro benzene ring substituents is 3. The third-order valence-electron chi connectivity index (χ3n) is 10.2. The highest BCUT2D eigenvalue weighted by Crippen LogP contribution is 2.36. The molecule has 3 heterocycles. The van der Waals surface area contributed by atoms with E-state index in [1.807, 2.05) is 19.1 Å². The lowest BCUT2D eigenvalue weighted by molar-refractivity contribution is -0.384. The Morgan fingerprint density at radius 3 is 1.40 bits per heavy atom. The highest BCUT2D eigenvalue weighted by molar-refractivity contribution is 7.85. The zero-order valence-electron chi connectivity index (χ0n) is 43.4. The van der Waals surface area contributed by atoms with E-state index in [1.54, 1.807) is 16.7 Å². The van der Waals surface area contributed by atoms with E-state index in [1.165, 1.54) is 65.2 Å². The number of azo groups is 1. The number of hydrogen-bond acceptors (Lipinski definition) is 28. The molecule has 83 heavy (non-hydrogen) atoms. The Morgan fingerprint density at radius 2 is 1.01 bits per heavy atom. The first-order chi connectivity index (χ1) is 38.5. The highest BCUT2D eigenvalue weighted by atomic mass is 32.3. The lowest BCUT2D eigenvalue weighted by atomic mass is 10.1. The lowest BCUT2D eigenvalue weighted by Crippen LogP contribution is -2.21. The molecule has 0 amide bonds. The maximum Gasteiger partial charge on any atom is 0.425 e. The fourth-order valence-electron chi connectivity index (χ4n) is 6.43. The summed E-state index contributed by atoms with van der Waals surface area (Å²) in [5, 5.41) is 69.4. The molecule has 0 aliphatic heterocycles. The molecule has 0 radical (unpaired) electrons. The Morgan fingerprint density at radius 1 is 0.590 bits per heavy atom. The summed E-state index contributed by atoms with van der Waals surface area (Å²) in [5.41, 5.74) is 12.9. The molecule has 8 N–H and O–H groups in total. The minimum atomic E-state index is -4.67. The van der Waals surface area contributed by atoms with Crippen molar-refractivity contribution in [2.75, 3.05) is 41.7 Å². The first-order valence-corrected chi connectivity index (χ1v) is 29.1. The van der Waals surface area contributed by atoms with Gasteiger partial charge in [-0.1, -0.05) is 23.9 Å². The van der Waals surface area contributed by atoms with E-state index in [9.17, 15) is 43.0 Å². The Hall–Kier alpha value is -7.90. The van der Waals surface area contributed by atoms with Gasteiger partial charge in [0.05, 0.1) is 37.0 Å². The number of nitrogen functional groups attached to an aromatic ring is 1. The zero-order chi connectivity index (χ0) is 61.5. The zero-order valence-corrected chi connectivity index (χ0v) is 48.3. The minimum Gasteiger partial charge on any atom is -0.389 e. The molecule has 3 aromatic heterocycles. The standard InChI is InChI=1S/C18H19N5O2S.C11H17N.C7H4N4O6S2.C7H5N3O2S.CH4.H3NO5S.H2O4S/c1-4-22(5-2)13-6-8-16(12(3)10-13)19-20-18-15-11-14(23(24)25)7-9-17(15)21-26-18;1-4-12(5-2)11-8-6-7-10(3)9-11;12-11(13)4-1-2-6-5(3-4)7(18-9-6)8-10-19(15,16)17-14;8-7-5-3-4(10(11)12)1-2-6(5)9-13-7;;2-1-7(4,5)6-3;1-5(2,3)4/h6-11H,4-5H2,1-3H3;6-9H,4-5H2,1-3H3;1-3,14H;1-3H,8H2;1H4;2-3H,(H,1,4,5);(H2,1,2,3,4). The molecule has 8 aromatic rings. The fraction of sp³-hybridized carbons (Fsp3) is 0.250. The first-order valence-electron chi connectivity index (χ1n) is 22.7. The summed E-state index contributed by atoms with van der Waals surface area (Å²) in [5.74, 6) is 0. The summed E-state index contributed by atoms with van der Waals surface area (Å²) in [7, 11) is -13.4. The Labute approximate surface area is 485 Å². The minimum absolute atomic E-state index is 0.